The van der Waals surface area contributed by atoms with Crippen molar-refractivity contribution in [3.05, 3.63) is 41.8 Å². The molecule has 1 aliphatic carbocycles. The van der Waals surface area contributed by atoms with Gasteiger partial charge in [-0.25, -0.2) is 12.8 Å². The van der Waals surface area contributed by atoms with Gasteiger partial charge in [-0.15, -0.1) is 5.10 Å². The molecule has 150 valence electrons. The van der Waals surface area contributed by atoms with E-state index in [0.717, 1.165) is 17.6 Å². The highest BCUT2D eigenvalue weighted by Gasteiger charge is 2.30. The van der Waals surface area contributed by atoms with Gasteiger partial charge in [-0.05, 0) is 50.1 Å². The number of aromatic nitrogens is 2. The largest absolute Gasteiger partial charge is 0.491 e. The highest BCUT2D eigenvalue weighted by Crippen LogP contribution is 2.38. The van der Waals surface area contributed by atoms with E-state index in [1.807, 2.05) is 17.0 Å². The highest BCUT2D eigenvalue weighted by atomic mass is 32.2. The standard InChI is InChI=1S/C19H23FN4O3S/c1-2-27-18-7-5-15(13-16(18)20)28(25,26)24-11-9-23(10-12-24)19-8-6-17(21-22-19)14-3-4-14/h5-8,13-14H,2-4,9-12H2,1H3. The molecule has 7 nitrogen and oxygen atoms in total. The van der Waals surface area contributed by atoms with E-state index < -0.39 is 15.8 Å². The van der Waals surface area contributed by atoms with Crippen LogP contribution in [0.4, 0.5) is 10.2 Å². The summed E-state index contributed by atoms with van der Waals surface area (Å²) in [5.74, 6) is 0.693. The molecule has 0 unspecified atom stereocenters. The minimum atomic E-state index is -3.76. The molecule has 0 N–H and O–H groups in total. The fraction of sp³-hybridized carbons (Fsp3) is 0.474. The smallest absolute Gasteiger partial charge is 0.243 e. The van der Waals surface area contributed by atoms with E-state index >= 15 is 0 Å². The zero-order valence-corrected chi connectivity index (χ0v) is 16.5. The van der Waals surface area contributed by atoms with Gasteiger partial charge in [-0.3, -0.25) is 0 Å². The number of ether oxygens (including phenoxy) is 1. The first kappa shape index (κ1) is 19.1. The molecule has 2 fully saturated rings. The summed E-state index contributed by atoms with van der Waals surface area (Å²) in [6, 6.07) is 7.73. The fourth-order valence-corrected chi connectivity index (χ4v) is 4.76. The number of hydrogen-bond acceptors (Lipinski definition) is 6. The molecule has 0 radical (unpaired) electrons. The van der Waals surface area contributed by atoms with Crippen LogP contribution < -0.4 is 9.64 Å². The Bertz CT molecular complexity index is 940. The number of piperazine rings is 1. The molecule has 0 spiro atoms. The van der Waals surface area contributed by atoms with E-state index in [0.29, 0.717) is 38.7 Å². The van der Waals surface area contributed by atoms with E-state index in [1.54, 1.807) is 6.92 Å². The van der Waals surface area contributed by atoms with Crippen LogP contribution in [-0.2, 0) is 10.0 Å². The third-order valence-corrected chi connectivity index (χ3v) is 6.96. The van der Waals surface area contributed by atoms with Crippen molar-refractivity contribution in [3.63, 3.8) is 0 Å². The first-order valence-corrected chi connectivity index (χ1v) is 10.9. The van der Waals surface area contributed by atoms with Crippen LogP contribution in [0.2, 0.25) is 0 Å². The molecule has 1 aliphatic heterocycles. The molecule has 2 aromatic rings. The van der Waals surface area contributed by atoms with Crippen LogP contribution in [-0.4, -0.2) is 55.7 Å². The number of hydrogen-bond donors (Lipinski definition) is 0. The van der Waals surface area contributed by atoms with Crippen LogP contribution in [0.25, 0.3) is 0 Å². The van der Waals surface area contributed by atoms with Gasteiger partial charge in [0.15, 0.2) is 17.4 Å². The summed E-state index contributed by atoms with van der Waals surface area (Å²) >= 11 is 0. The maximum Gasteiger partial charge on any atom is 0.243 e. The van der Waals surface area contributed by atoms with Gasteiger partial charge in [0.2, 0.25) is 10.0 Å². The van der Waals surface area contributed by atoms with Crippen molar-refractivity contribution >= 4 is 15.8 Å². The number of halogens is 1. The Balaban J connectivity index is 1.42. The Morgan fingerprint density at radius 1 is 1.11 bits per heavy atom. The third kappa shape index (κ3) is 3.81. The molecule has 0 bridgehead atoms. The average Bonchev–Trinajstić information content (AvgIpc) is 3.55. The molecule has 1 saturated carbocycles. The number of benzene rings is 1. The van der Waals surface area contributed by atoms with E-state index in [-0.39, 0.29) is 10.6 Å². The van der Waals surface area contributed by atoms with Crippen LogP contribution in [0.5, 0.6) is 5.75 Å². The zero-order valence-electron chi connectivity index (χ0n) is 15.7. The zero-order chi connectivity index (χ0) is 19.7. The highest BCUT2D eigenvalue weighted by molar-refractivity contribution is 7.89. The van der Waals surface area contributed by atoms with Crippen molar-refractivity contribution in [2.45, 2.75) is 30.6 Å². The van der Waals surface area contributed by atoms with Gasteiger partial charge in [-0.1, -0.05) is 0 Å². The maximum atomic E-state index is 14.1. The average molecular weight is 406 g/mol. The Hall–Kier alpha value is -2.26. The summed E-state index contributed by atoms with van der Waals surface area (Å²) in [7, 11) is -3.76. The molecular formula is C19H23FN4O3S. The van der Waals surface area contributed by atoms with Crippen molar-refractivity contribution in [2.24, 2.45) is 0 Å². The van der Waals surface area contributed by atoms with Gasteiger partial charge in [0, 0.05) is 32.1 Å². The predicted octanol–water partition coefficient (Wildman–Crippen LogP) is 2.40. The second-order valence-electron chi connectivity index (χ2n) is 7.01. The minimum Gasteiger partial charge on any atom is -0.491 e. The van der Waals surface area contributed by atoms with Crippen molar-refractivity contribution in [2.75, 3.05) is 37.7 Å². The summed E-state index contributed by atoms with van der Waals surface area (Å²) in [5, 5.41) is 8.58. The van der Waals surface area contributed by atoms with Crippen LogP contribution in [0.15, 0.2) is 35.2 Å². The third-order valence-electron chi connectivity index (χ3n) is 5.07. The molecule has 0 atom stereocenters. The lowest BCUT2D eigenvalue weighted by Crippen LogP contribution is -2.49. The van der Waals surface area contributed by atoms with Gasteiger partial charge in [0.05, 0.1) is 17.2 Å². The summed E-state index contributed by atoms with van der Waals surface area (Å²) < 4.78 is 46.3. The first-order chi connectivity index (χ1) is 13.5. The molecule has 28 heavy (non-hydrogen) atoms. The predicted molar refractivity (Wildman–Crippen MR) is 103 cm³/mol. The number of nitrogens with zero attached hydrogens (tertiary/aromatic N) is 4. The molecular weight excluding hydrogens is 383 g/mol. The van der Waals surface area contributed by atoms with Crippen molar-refractivity contribution in [1.82, 2.24) is 14.5 Å². The van der Waals surface area contributed by atoms with Crippen molar-refractivity contribution in [3.8, 4) is 5.75 Å². The monoisotopic (exact) mass is 406 g/mol. The molecule has 9 heteroatoms. The maximum absolute atomic E-state index is 14.1. The molecule has 0 amide bonds. The quantitative estimate of drug-likeness (QED) is 0.733. The molecule has 1 aromatic carbocycles. The van der Waals surface area contributed by atoms with Crippen molar-refractivity contribution < 1.29 is 17.5 Å². The lowest BCUT2D eigenvalue weighted by Gasteiger charge is -2.34. The normalized spacial score (nSPS) is 18.3. The minimum absolute atomic E-state index is 0.0551. The molecule has 2 heterocycles. The summed E-state index contributed by atoms with van der Waals surface area (Å²) in [6.07, 6.45) is 2.35. The van der Waals surface area contributed by atoms with Crippen LogP contribution in [0, 0.1) is 5.82 Å². The second-order valence-corrected chi connectivity index (χ2v) is 8.94. The van der Waals surface area contributed by atoms with E-state index in [9.17, 15) is 12.8 Å². The second kappa shape index (κ2) is 7.63. The van der Waals surface area contributed by atoms with E-state index in [1.165, 1.54) is 29.3 Å². The molecule has 4 rings (SSSR count). The lowest BCUT2D eigenvalue weighted by atomic mass is 10.2. The SMILES string of the molecule is CCOc1ccc(S(=O)(=O)N2CCN(c3ccc(C4CC4)nn3)CC2)cc1F. The van der Waals surface area contributed by atoms with Gasteiger partial charge in [-0.2, -0.15) is 9.40 Å². The number of sulfonamides is 1. The number of rotatable bonds is 6. The summed E-state index contributed by atoms with van der Waals surface area (Å²) in [4.78, 5) is 1.96. The fourth-order valence-electron chi connectivity index (χ4n) is 3.32. The molecule has 1 aromatic heterocycles. The van der Waals surface area contributed by atoms with Crippen LogP contribution in [0.3, 0.4) is 0 Å². The van der Waals surface area contributed by atoms with Gasteiger partial charge < -0.3 is 9.64 Å². The Labute approximate surface area is 164 Å². The van der Waals surface area contributed by atoms with Gasteiger partial charge in [0.25, 0.3) is 0 Å². The Kier molecular flexibility index (Phi) is 5.20. The van der Waals surface area contributed by atoms with Gasteiger partial charge >= 0.3 is 0 Å². The Morgan fingerprint density at radius 2 is 1.86 bits per heavy atom. The van der Waals surface area contributed by atoms with Gasteiger partial charge in [0.1, 0.15) is 0 Å². The van der Waals surface area contributed by atoms with Crippen LogP contribution >= 0.6 is 0 Å². The van der Waals surface area contributed by atoms with E-state index in [4.69, 9.17) is 4.74 Å². The van der Waals surface area contributed by atoms with E-state index in [2.05, 4.69) is 10.2 Å². The number of anilines is 1. The first-order valence-electron chi connectivity index (χ1n) is 9.50. The van der Waals surface area contributed by atoms with Crippen LogP contribution in [0.1, 0.15) is 31.4 Å². The Morgan fingerprint density at radius 3 is 2.43 bits per heavy atom. The van der Waals surface area contributed by atoms with Crippen molar-refractivity contribution in [1.29, 1.82) is 0 Å². The summed E-state index contributed by atoms with van der Waals surface area (Å²) in [6.45, 7) is 3.70. The summed E-state index contributed by atoms with van der Waals surface area (Å²) in [5.41, 5.74) is 1.03. The molecule has 1 saturated heterocycles. The lowest BCUT2D eigenvalue weighted by molar-refractivity contribution is 0.321. The topological polar surface area (TPSA) is 75.6 Å². The molecule has 2 aliphatic rings.